The summed E-state index contributed by atoms with van der Waals surface area (Å²) in [6.45, 7) is 9.57. The van der Waals surface area contributed by atoms with Crippen LogP contribution in [0.1, 0.15) is 91.6 Å². The Morgan fingerprint density at radius 1 is 0.769 bits per heavy atom. The molecule has 4 aromatic carbocycles. The van der Waals surface area contributed by atoms with Crippen molar-refractivity contribution in [1.29, 1.82) is 0 Å². The second-order valence-corrected chi connectivity index (χ2v) is 16.7. The van der Waals surface area contributed by atoms with Gasteiger partial charge in [-0.15, -0.1) is 3.71 Å². The van der Waals surface area contributed by atoms with Crippen molar-refractivity contribution in [2.75, 3.05) is 13.9 Å². The Morgan fingerprint density at radius 3 is 1.81 bits per heavy atom. The molecular formula is C38H42N2O10S2. The van der Waals surface area contributed by atoms with Crippen molar-refractivity contribution in [3.63, 3.8) is 0 Å². The number of fused-ring (bicyclic) bond motifs is 1. The van der Waals surface area contributed by atoms with E-state index in [1.807, 2.05) is 34.6 Å². The van der Waals surface area contributed by atoms with Crippen LogP contribution in [-0.4, -0.2) is 46.3 Å². The molecular weight excluding hydrogens is 709 g/mol. The summed E-state index contributed by atoms with van der Waals surface area (Å²) in [7, 11) is -8.50. The highest BCUT2D eigenvalue weighted by Crippen LogP contribution is 2.44. The first-order valence-corrected chi connectivity index (χ1v) is 19.6. The molecule has 0 fully saturated rings. The van der Waals surface area contributed by atoms with E-state index < -0.39 is 38.0 Å². The van der Waals surface area contributed by atoms with Crippen molar-refractivity contribution < 1.29 is 45.4 Å². The molecule has 1 atom stereocenters. The van der Waals surface area contributed by atoms with Gasteiger partial charge in [-0.05, 0) is 89.5 Å². The average Bonchev–Trinajstić information content (AvgIpc) is 3.59. The van der Waals surface area contributed by atoms with Crippen LogP contribution in [0.25, 0.3) is 0 Å². The van der Waals surface area contributed by atoms with Crippen LogP contribution in [0.5, 0.6) is 23.0 Å². The molecule has 1 heterocycles. The molecule has 1 aliphatic rings. The Morgan fingerprint density at radius 2 is 1.33 bits per heavy atom. The van der Waals surface area contributed by atoms with Gasteiger partial charge in [0.05, 0.1) is 16.9 Å². The van der Waals surface area contributed by atoms with Crippen LogP contribution in [0.2, 0.25) is 0 Å². The van der Waals surface area contributed by atoms with Crippen LogP contribution >= 0.6 is 0 Å². The van der Waals surface area contributed by atoms with Crippen molar-refractivity contribution in [3.8, 4) is 23.0 Å². The zero-order chi connectivity index (χ0) is 38.0. The zero-order valence-corrected chi connectivity index (χ0v) is 31.4. The Labute approximate surface area is 304 Å². The fraction of sp³-hybridized carbons (Fsp3) is 0.316. The van der Waals surface area contributed by atoms with Gasteiger partial charge in [0.2, 0.25) is 18.6 Å². The highest BCUT2D eigenvalue weighted by Gasteiger charge is 2.42. The van der Waals surface area contributed by atoms with Crippen molar-refractivity contribution >= 4 is 31.9 Å². The summed E-state index contributed by atoms with van der Waals surface area (Å²) in [5.74, 6) is -0.798. The molecule has 4 aromatic rings. The maximum atomic E-state index is 14.3. The molecule has 14 heteroatoms. The number of aryl methyl sites for hydroxylation is 1. The first kappa shape index (κ1) is 38.2. The number of hydrogen-bond donors (Lipinski definition) is 1. The van der Waals surface area contributed by atoms with Gasteiger partial charge in [-0.3, -0.25) is 9.59 Å². The molecule has 276 valence electrons. The Balaban J connectivity index is 1.59. The van der Waals surface area contributed by atoms with E-state index in [1.54, 1.807) is 30.3 Å². The lowest BCUT2D eigenvalue weighted by molar-refractivity contribution is -0.125. The summed E-state index contributed by atoms with van der Waals surface area (Å²) < 4.78 is 79.4. The van der Waals surface area contributed by atoms with Crippen LogP contribution < -0.4 is 24.7 Å². The minimum absolute atomic E-state index is 0.0393. The predicted molar refractivity (Wildman–Crippen MR) is 194 cm³/mol. The minimum atomic E-state index is -4.97. The van der Waals surface area contributed by atoms with Crippen molar-refractivity contribution in [2.45, 2.75) is 75.2 Å². The number of rotatable bonds is 14. The summed E-state index contributed by atoms with van der Waals surface area (Å²) in [5.41, 5.74) is 7.93. The number of methoxy groups -OCH3 is 1. The lowest BCUT2D eigenvalue weighted by Gasteiger charge is -2.24. The number of nitrogens with two attached hydrogens (primary N) is 1. The van der Waals surface area contributed by atoms with Gasteiger partial charge in [-0.25, -0.2) is 0 Å². The maximum absolute atomic E-state index is 14.3. The number of amides is 2. The molecule has 1 unspecified atom stereocenters. The highest BCUT2D eigenvalue weighted by molar-refractivity contribution is 8.05. The Bertz CT molecular complexity index is 2100. The summed E-state index contributed by atoms with van der Waals surface area (Å²) in [6.07, 6.45) is -0.461. The number of sulfonamides is 2. The van der Waals surface area contributed by atoms with Gasteiger partial charge in [-0.1, -0.05) is 65.3 Å². The fourth-order valence-electron chi connectivity index (χ4n) is 5.70. The van der Waals surface area contributed by atoms with Crippen LogP contribution in [0.15, 0.2) is 88.7 Å². The first-order chi connectivity index (χ1) is 24.6. The third-order valence-corrected chi connectivity index (χ3v) is 12.7. The lowest BCUT2D eigenvalue weighted by atomic mass is 10.0. The number of hydrogen-bond acceptors (Lipinski definition) is 10. The molecule has 5 rings (SSSR count). The smallest absolute Gasteiger partial charge is 0.282 e. The number of benzene rings is 4. The summed E-state index contributed by atoms with van der Waals surface area (Å²) in [4.78, 5) is 26.3. The molecule has 0 aliphatic carbocycles. The minimum Gasteiger partial charge on any atom is -0.493 e. The quantitative estimate of drug-likeness (QED) is 0.151. The molecule has 0 aromatic heterocycles. The molecule has 0 bridgehead atoms. The third kappa shape index (κ3) is 7.58. The van der Waals surface area contributed by atoms with Crippen LogP contribution in [-0.2, 0) is 31.3 Å². The van der Waals surface area contributed by atoms with E-state index in [9.17, 15) is 26.4 Å². The average molecular weight is 751 g/mol. The number of ether oxygens (including phenoxy) is 4. The van der Waals surface area contributed by atoms with Crippen LogP contribution in [0.4, 0.5) is 0 Å². The molecule has 0 saturated heterocycles. The van der Waals surface area contributed by atoms with E-state index in [2.05, 4.69) is 0 Å². The van der Waals surface area contributed by atoms with Crippen molar-refractivity contribution in [3.05, 3.63) is 107 Å². The molecule has 12 nitrogen and oxygen atoms in total. The SMILES string of the molecule is CCCc1cc(C(=O)N(S(=O)(=O)c2ccc(C(C)C)cc2)S(=O)(=O)c2ccc(C(C)C)cc2)ccc1OC(C(N)=O)c1cc(OC)c2c(c1)OCO2. The van der Waals surface area contributed by atoms with Gasteiger partial charge in [0.15, 0.2) is 11.5 Å². The van der Waals surface area contributed by atoms with Gasteiger partial charge in [0.25, 0.3) is 31.9 Å². The predicted octanol–water partition coefficient (Wildman–Crippen LogP) is 6.45. The van der Waals surface area contributed by atoms with Gasteiger partial charge >= 0.3 is 0 Å². The summed E-state index contributed by atoms with van der Waals surface area (Å²) in [5, 5.41) is 0. The van der Waals surface area contributed by atoms with E-state index in [0.29, 0.717) is 41.2 Å². The van der Waals surface area contributed by atoms with Gasteiger partial charge in [-0.2, -0.15) is 16.8 Å². The second-order valence-electron chi connectivity index (χ2n) is 12.9. The van der Waals surface area contributed by atoms with E-state index in [-0.39, 0.29) is 43.4 Å². The maximum Gasteiger partial charge on any atom is 0.282 e. The standard InChI is InChI=1S/C38H42N2O10S2/c1-7-8-27-19-28(13-18-32(27)50-35(37(39)41)29-20-33(47-6)36-34(21-29)48-22-49-36)38(42)40(51(43,44)30-14-9-25(10-15-30)23(2)3)52(45,46)31-16-11-26(12-17-31)24(4)5/h9-21,23-24,35H,7-8,22H2,1-6H3,(H2,39,41). The topological polar surface area (TPSA) is 169 Å². The van der Waals surface area contributed by atoms with Crippen LogP contribution in [0.3, 0.4) is 0 Å². The van der Waals surface area contributed by atoms with E-state index in [4.69, 9.17) is 24.7 Å². The normalized spacial score (nSPS) is 13.2. The largest absolute Gasteiger partial charge is 0.493 e. The summed E-state index contributed by atoms with van der Waals surface area (Å²) in [6, 6.07) is 18.6. The van der Waals surface area contributed by atoms with Crippen LogP contribution in [0, 0.1) is 0 Å². The van der Waals surface area contributed by atoms with E-state index >= 15 is 0 Å². The molecule has 0 saturated carbocycles. The monoisotopic (exact) mass is 750 g/mol. The van der Waals surface area contributed by atoms with Crippen molar-refractivity contribution in [1.82, 2.24) is 3.71 Å². The van der Waals surface area contributed by atoms with Gasteiger partial charge < -0.3 is 24.7 Å². The number of nitrogens with zero attached hydrogens (tertiary/aromatic N) is 1. The molecule has 2 amide bonds. The second kappa shape index (κ2) is 15.3. The number of carbonyl (C=O) groups excluding carboxylic acids is 2. The molecule has 52 heavy (non-hydrogen) atoms. The molecule has 0 radical (unpaired) electrons. The van der Waals surface area contributed by atoms with E-state index in [1.165, 1.54) is 55.6 Å². The summed E-state index contributed by atoms with van der Waals surface area (Å²) >= 11 is 0. The third-order valence-electron chi connectivity index (χ3n) is 8.61. The Hall–Kier alpha value is -5.08. The lowest BCUT2D eigenvalue weighted by Crippen LogP contribution is -2.41. The van der Waals surface area contributed by atoms with Gasteiger partial charge in [0, 0.05) is 11.1 Å². The molecule has 0 spiro atoms. The Kier molecular flexibility index (Phi) is 11.2. The van der Waals surface area contributed by atoms with Gasteiger partial charge in [0.1, 0.15) is 5.75 Å². The fourth-order valence-corrected chi connectivity index (χ4v) is 9.24. The molecule has 1 aliphatic heterocycles. The van der Waals surface area contributed by atoms with E-state index in [0.717, 1.165) is 11.1 Å². The first-order valence-electron chi connectivity index (χ1n) is 16.7. The van der Waals surface area contributed by atoms with Crippen molar-refractivity contribution in [2.24, 2.45) is 5.73 Å². The highest BCUT2D eigenvalue weighted by atomic mass is 32.3. The zero-order valence-electron chi connectivity index (χ0n) is 29.8. The molecule has 2 N–H and O–H groups in total. The number of carbonyl (C=O) groups is 2. The number of primary amides is 1.